The van der Waals surface area contributed by atoms with Gasteiger partial charge < -0.3 is 9.26 Å². The summed E-state index contributed by atoms with van der Waals surface area (Å²) in [7, 11) is 0. The molecule has 1 aliphatic rings. The Bertz CT molecular complexity index is 836. The predicted molar refractivity (Wildman–Crippen MR) is 102 cm³/mol. The summed E-state index contributed by atoms with van der Waals surface area (Å²) < 4.78 is 12.5. The van der Waals surface area contributed by atoms with Crippen LogP contribution in [0, 0.1) is 0 Å². The summed E-state index contributed by atoms with van der Waals surface area (Å²) >= 11 is 3.47. The minimum atomic E-state index is 0.0727. The van der Waals surface area contributed by atoms with Crippen molar-refractivity contribution in [2.24, 2.45) is 0 Å². The van der Waals surface area contributed by atoms with Crippen LogP contribution in [0.15, 0.2) is 63.6 Å². The van der Waals surface area contributed by atoms with E-state index in [1.165, 1.54) is 11.1 Å². The van der Waals surface area contributed by atoms with Crippen LogP contribution < -0.4 is 0 Å². The Labute approximate surface area is 161 Å². The molecule has 3 aromatic rings. The van der Waals surface area contributed by atoms with Crippen LogP contribution in [0.25, 0.3) is 0 Å². The number of morpholine rings is 1. The number of hydrogen-bond acceptors (Lipinski definition) is 5. The predicted octanol–water partition coefficient (Wildman–Crippen LogP) is 4.00. The number of nitrogens with zero attached hydrogens (tertiary/aromatic N) is 3. The molecule has 4 rings (SSSR count). The van der Waals surface area contributed by atoms with Crippen LogP contribution in [-0.2, 0) is 17.7 Å². The standard InChI is InChI=1S/C20H20BrN3O2/c21-17-8-6-16(7-9-17)18-13-24(10-11-25-18)14-20-22-19(23-26-20)12-15-4-2-1-3-5-15/h1-9,18H,10-14H2/t18-/m0/s1. The Morgan fingerprint density at radius 2 is 1.88 bits per heavy atom. The third-order valence-corrected chi connectivity index (χ3v) is 5.00. The first kappa shape index (κ1) is 17.4. The molecule has 1 aromatic heterocycles. The van der Waals surface area contributed by atoms with Crippen molar-refractivity contribution in [1.29, 1.82) is 0 Å². The topological polar surface area (TPSA) is 51.4 Å². The summed E-state index contributed by atoms with van der Waals surface area (Å²) in [6, 6.07) is 18.5. The highest BCUT2D eigenvalue weighted by Crippen LogP contribution is 2.24. The number of benzene rings is 2. The Balaban J connectivity index is 1.37. The zero-order chi connectivity index (χ0) is 17.8. The molecule has 0 bridgehead atoms. The van der Waals surface area contributed by atoms with Crippen LogP contribution >= 0.6 is 15.9 Å². The minimum Gasteiger partial charge on any atom is -0.371 e. The van der Waals surface area contributed by atoms with E-state index in [1.807, 2.05) is 30.3 Å². The first-order chi connectivity index (χ1) is 12.8. The van der Waals surface area contributed by atoms with Gasteiger partial charge in [-0.3, -0.25) is 4.90 Å². The lowest BCUT2D eigenvalue weighted by Gasteiger charge is -2.32. The highest BCUT2D eigenvalue weighted by molar-refractivity contribution is 9.10. The van der Waals surface area contributed by atoms with E-state index >= 15 is 0 Å². The molecule has 6 heteroatoms. The lowest BCUT2D eigenvalue weighted by molar-refractivity contribution is -0.0356. The van der Waals surface area contributed by atoms with E-state index in [2.05, 4.69) is 55.2 Å². The maximum absolute atomic E-state index is 5.93. The van der Waals surface area contributed by atoms with Gasteiger partial charge in [0.1, 0.15) is 0 Å². The van der Waals surface area contributed by atoms with Crippen molar-refractivity contribution in [3.05, 3.63) is 81.9 Å². The van der Waals surface area contributed by atoms with Gasteiger partial charge in [-0.15, -0.1) is 0 Å². The molecule has 0 unspecified atom stereocenters. The molecule has 1 atom stereocenters. The minimum absolute atomic E-state index is 0.0727. The van der Waals surface area contributed by atoms with Crippen molar-refractivity contribution in [3.8, 4) is 0 Å². The Morgan fingerprint density at radius 3 is 2.69 bits per heavy atom. The Hall–Kier alpha value is -2.02. The lowest BCUT2D eigenvalue weighted by Crippen LogP contribution is -2.37. The van der Waals surface area contributed by atoms with E-state index in [-0.39, 0.29) is 6.10 Å². The second-order valence-electron chi connectivity index (χ2n) is 6.41. The summed E-state index contributed by atoms with van der Waals surface area (Å²) in [5, 5.41) is 4.11. The van der Waals surface area contributed by atoms with Gasteiger partial charge in [-0.2, -0.15) is 4.98 Å². The molecule has 0 radical (unpaired) electrons. The van der Waals surface area contributed by atoms with Crippen molar-refractivity contribution in [2.45, 2.75) is 19.1 Å². The Kier molecular flexibility index (Phi) is 5.43. The molecular weight excluding hydrogens is 394 g/mol. The van der Waals surface area contributed by atoms with Gasteiger partial charge in [-0.25, -0.2) is 0 Å². The van der Waals surface area contributed by atoms with Gasteiger partial charge in [-0.1, -0.05) is 63.6 Å². The van der Waals surface area contributed by atoms with E-state index in [0.717, 1.165) is 23.4 Å². The van der Waals surface area contributed by atoms with Gasteiger partial charge in [0.05, 0.1) is 19.3 Å². The number of ether oxygens (including phenoxy) is 1. The number of halogens is 1. The molecule has 2 aromatic carbocycles. The van der Waals surface area contributed by atoms with Crippen LogP contribution in [0.5, 0.6) is 0 Å². The average Bonchev–Trinajstić information content (AvgIpc) is 3.10. The number of rotatable bonds is 5. The molecule has 0 N–H and O–H groups in total. The molecule has 0 saturated carbocycles. The van der Waals surface area contributed by atoms with E-state index in [0.29, 0.717) is 25.5 Å². The van der Waals surface area contributed by atoms with Gasteiger partial charge in [0.25, 0.3) is 0 Å². The maximum atomic E-state index is 5.93. The summed E-state index contributed by atoms with van der Waals surface area (Å²) in [5.41, 5.74) is 2.37. The molecule has 5 nitrogen and oxygen atoms in total. The Morgan fingerprint density at radius 1 is 1.08 bits per heavy atom. The van der Waals surface area contributed by atoms with Gasteiger partial charge in [0.15, 0.2) is 5.82 Å². The van der Waals surface area contributed by atoms with E-state index < -0.39 is 0 Å². The summed E-state index contributed by atoms with van der Waals surface area (Å²) in [5.74, 6) is 1.39. The van der Waals surface area contributed by atoms with Crippen molar-refractivity contribution in [2.75, 3.05) is 19.7 Å². The molecule has 1 saturated heterocycles. The van der Waals surface area contributed by atoms with Crippen LogP contribution in [-0.4, -0.2) is 34.7 Å². The molecule has 0 amide bonds. The quantitative estimate of drug-likeness (QED) is 0.632. The van der Waals surface area contributed by atoms with Crippen molar-refractivity contribution < 1.29 is 9.26 Å². The van der Waals surface area contributed by atoms with Gasteiger partial charge in [0.2, 0.25) is 5.89 Å². The number of hydrogen-bond donors (Lipinski definition) is 0. The largest absolute Gasteiger partial charge is 0.371 e. The zero-order valence-electron chi connectivity index (χ0n) is 14.3. The fourth-order valence-electron chi connectivity index (χ4n) is 3.12. The smallest absolute Gasteiger partial charge is 0.240 e. The molecular formula is C20H20BrN3O2. The van der Waals surface area contributed by atoms with E-state index in [9.17, 15) is 0 Å². The fourth-order valence-corrected chi connectivity index (χ4v) is 3.39. The summed E-state index contributed by atoms with van der Waals surface area (Å²) in [6.07, 6.45) is 0.762. The van der Waals surface area contributed by atoms with Crippen LogP contribution in [0.3, 0.4) is 0 Å². The van der Waals surface area contributed by atoms with Crippen molar-refractivity contribution in [3.63, 3.8) is 0 Å². The van der Waals surface area contributed by atoms with Gasteiger partial charge >= 0.3 is 0 Å². The summed E-state index contributed by atoms with van der Waals surface area (Å²) in [6.45, 7) is 3.03. The third kappa shape index (κ3) is 4.38. The molecule has 0 aliphatic carbocycles. The molecule has 1 fully saturated rings. The second kappa shape index (κ2) is 8.12. The first-order valence-electron chi connectivity index (χ1n) is 8.71. The highest BCUT2D eigenvalue weighted by Gasteiger charge is 2.23. The van der Waals surface area contributed by atoms with Crippen molar-refractivity contribution in [1.82, 2.24) is 15.0 Å². The SMILES string of the molecule is Brc1ccc([C@@H]2CN(Cc3nc(Cc4ccccc4)no3)CCO2)cc1. The van der Waals surface area contributed by atoms with Crippen LogP contribution in [0.4, 0.5) is 0 Å². The fraction of sp³-hybridized carbons (Fsp3) is 0.300. The van der Waals surface area contributed by atoms with Gasteiger partial charge in [-0.05, 0) is 23.3 Å². The summed E-state index contributed by atoms with van der Waals surface area (Å²) in [4.78, 5) is 6.84. The molecule has 1 aliphatic heterocycles. The molecule has 134 valence electrons. The van der Waals surface area contributed by atoms with Crippen molar-refractivity contribution >= 4 is 15.9 Å². The lowest BCUT2D eigenvalue weighted by atomic mass is 10.1. The highest BCUT2D eigenvalue weighted by atomic mass is 79.9. The average molecular weight is 414 g/mol. The molecule has 2 heterocycles. The monoisotopic (exact) mass is 413 g/mol. The first-order valence-corrected chi connectivity index (χ1v) is 9.50. The molecule has 26 heavy (non-hydrogen) atoms. The van der Waals surface area contributed by atoms with E-state index in [1.54, 1.807) is 0 Å². The van der Waals surface area contributed by atoms with Crippen LogP contribution in [0.1, 0.15) is 28.9 Å². The molecule has 0 spiro atoms. The third-order valence-electron chi connectivity index (χ3n) is 4.47. The second-order valence-corrected chi connectivity index (χ2v) is 7.33. The van der Waals surface area contributed by atoms with E-state index in [4.69, 9.17) is 9.26 Å². The maximum Gasteiger partial charge on any atom is 0.240 e. The number of aromatic nitrogens is 2. The van der Waals surface area contributed by atoms with Gasteiger partial charge in [0, 0.05) is 24.0 Å². The van der Waals surface area contributed by atoms with Crippen LogP contribution in [0.2, 0.25) is 0 Å². The normalized spacial score (nSPS) is 18.1. The zero-order valence-corrected chi connectivity index (χ0v) is 15.9.